The van der Waals surface area contributed by atoms with Crippen LogP contribution in [0.2, 0.25) is 0 Å². The van der Waals surface area contributed by atoms with Gasteiger partial charge in [0, 0.05) is 19.0 Å². The number of para-hydroxylation sites is 1. The molecule has 0 N–H and O–H groups in total. The molecule has 0 aliphatic heterocycles. The van der Waals surface area contributed by atoms with Gasteiger partial charge in [-0.05, 0) is 25.5 Å². The van der Waals surface area contributed by atoms with Crippen molar-refractivity contribution in [2.45, 2.75) is 25.2 Å². The van der Waals surface area contributed by atoms with Crippen LogP contribution < -0.4 is 4.90 Å². The van der Waals surface area contributed by atoms with Crippen molar-refractivity contribution in [1.29, 1.82) is 0 Å². The van der Waals surface area contributed by atoms with Crippen molar-refractivity contribution in [1.82, 2.24) is 0 Å². The van der Waals surface area contributed by atoms with E-state index in [2.05, 4.69) is 0 Å². The van der Waals surface area contributed by atoms with Crippen LogP contribution >= 0.6 is 11.6 Å². The lowest BCUT2D eigenvalue weighted by Gasteiger charge is -2.24. The third-order valence-electron chi connectivity index (χ3n) is 2.75. The Labute approximate surface area is 115 Å². The van der Waals surface area contributed by atoms with Gasteiger partial charge in [0.1, 0.15) is 0 Å². The van der Waals surface area contributed by atoms with Gasteiger partial charge in [-0.1, -0.05) is 19.1 Å². The second-order valence-corrected chi connectivity index (χ2v) is 6.51. The monoisotopic (exact) mass is 289 g/mol. The summed E-state index contributed by atoms with van der Waals surface area (Å²) < 4.78 is 24.4. The van der Waals surface area contributed by atoms with E-state index in [1.807, 2.05) is 30.9 Å². The smallest absolute Gasteiger partial charge is 0.180 e. The molecule has 0 bridgehead atoms. The summed E-state index contributed by atoms with van der Waals surface area (Å²) in [7, 11) is -3.20. The number of nitrogens with zero attached hydrogens (tertiary/aromatic N) is 1. The second-order valence-electron chi connectivity index (χ2n) is 4.06. The van der Waals surface area contributed by atoms with Crippen LogP contribution in [-0.2, 0) is 9.84 Å². The van der Waals surface area contributed by atoms with E-state index in [0.29, 0.717) is 23.7 Å². The highest BCUT2D eigenvalue weighted by Crippen LogP contribution is 2.26. The molecule has 0 aliphatic rings. The molecule has 0 spiro atoms. The van der Waals surface area contributed by atoms with Gasteiger partial charge in [0.05, 0.1) is 16.3 Å². The first-order chi connectivity index (χ1) is 8.56. The highest BCUT2D eigenvalue weighted by molar-refractivity contribution is 7.91. The molecule has 1 aromatic rings. The standard InChI is InChI=1S/C13H20ClNO2S/c1-3-11-18(16,17)13-8-6-5-7-12(13)15(4-2)10-9-14/h5-8H,3-4,9-11H2,1-2H3. The average Bonchev–Trinajstić information content (AvgIpc) is 2.36. The predicted octanol–water partition coefficient (Wildman–Crippen LogP) is 2.94. The molecule has 0 unspecified atom stereocenters. The van der Waals surface area contributed by atoms with Gasteiger partial charge in [0.15, 0.2) is 9.84 Å². The summed E-state index contributed by atoms with van der Waals surface area (Å²) in [6.45, 7) is 5.26. The molecule has 0 saturated carbocycles. The van der Waals surface area contributed by atoms with Crippen LogP contribution in [0.1, 0.15) is 20.3 Å². The van der Waals surface area contributed by atoms with E-state index in [0.717, 1.165) is 12.2 Å². The Kier molecular flexibility index (Phi) is 5.96. The number of anilines is 1. The van der Waals surface area contributed by atoms with E-state index in [1.54, 1.807) is 12.1 Å². The summed E-state index contributed by atoms with van der Waals surface area (Å²) in [4.78, 5) is 2.41. The van der Waals surface area contributed by atoms with Gasteiger partial charge in [-0.2, -0.15) is 0 Å². The van der Waals surface area contributed by atoms with Crippen LogP contribution in [0, 0.1) is 0 Å². The van der Waals surface area contributed by atoms with Gasteiger partial charge in [-0.25, -0.2) is 8.42 Å². The lowest BCUT2D eigenvalue weighted by atomic mass is 10.3. The molecular weight excluding hydrogens is 270 g/mol. The number of hydrogen-bond acceptors (Lipinski definition) is 3. The molecule has 5 heteroatoms. The summed E-state index contributed by atoms with van der Waals surface area (Å²) in [6, 6.07) is 7.15. The Balaban J connectivity index is 3.21. The predicted molar refractivity (Wildman–Crippen MR) is 77.4 cm³/mol. The van der Waals surface area contributed by atoms with Crippen molar-refractivity contribution in [2.75, 3.05) is 29.6 Å². The first-order valence-corrected chi connectivity index (χ1v) is 8.38. The van der Waals surface area contributed by atoms with Crippen LogP contribution in [0.5, 0.6) is 0 Å². The Morgan fingerprint density at radius 2 is 1.89 bits per heavy atom. The largest absolute Gasteiger partial charge is 0.370 e. The summed E-state index contributed by atoms with van der Waals surface area (Å²) in [5.74, 6) is 0.665. The quantitative estimate of drug-likeness (QED) is 0.724. The van der Waals surface area contributed by atoms with Gasteiger partial charge in [-0.15, -0.1) is 11.6 Å². The average molecular weight is 290 g/mol. The normalized spacial score (nSPS) is 11.5. The molecule has 0 radical (unpaired) electrons. The summed E-state index contributed by atoms with van der Waals surface area (Å²) >= 11 is 5.76. The number of benzene rings is 1. The zero-order valence-corrected chi connectivity index (χ0v) is 12.5. The van der Waals surface area contributed by atoms with Crippen molar-refractivity contribution in [2.24, 2.45) is 0 Å². The first-order valence-electron chi connectivity index (χ1n) is 6.19. The van der Waals surface area contributed by atoms with Crippen LogP contribution in [0.15, 0.2) is 29.2 Å². The topological polar surface area (TPSA) is 37.4 Å². The molecule has 0 aliphatic carbocycles. The van der Waals surface area contributed by atoms with Crippen LogP contribution in [0.3, 0.4) is 0 Å². The van der Waals surface area contributed by atoms with Crippen LogP contribution in [0.25, 0.3) is 0 Å². The minimum absolute atomic E-state index is 0.183. The molecule has 18 heavy (non-hydrogen) atoms. The fourth-order valence-electron chi connectivity index (χ4n) is 1.91. The number of rotatable bonds is 7. The molecular formula is C13H20ClNO2S. The van der Waals surface area contributed by atoms with Gasteiger partial charge < -0.3 is 4.90 Å². The van der Waals surface area contributed by atoms with Crippen molar-refractivity contribution >= 4 is 27.1 Å². The third kappa shape index (κ3) is 3.62. The Hall–Kier alpha value is -0.740. The highest BCUT2D eigenvalue weighted by Gasteiger charge is 2.19. The SMILES string of the molecule is CCCS(=O)(=O)c1ccccc1N(CC)CCCl. The summed E-state index contributed by atoms with van der Waals surface area (Å²) in [5.41, 5.74) is 0.758. The van der Waals surface area contributed by atoms with Crippen molar-refractivity contribution in [3.8, 4) is 0 Å². The Bertz CT molecular complexity index is 474. The number of hydrogen-bond donors (Lipinski definition) is 0. The molecule has 0 aromatic heterocycles. The molecule has 3 nitrogen and oxygen atoms in total. The van der Waals surface area contributed by atoms with E-state index in [1.165, 1.54) is 0 Å². The van der Waals surface area contributed by atoms with E-state index in [9.17, 15) is 8.42 Å². The maximum atomic E-state index is 12.2. The molecule has 102 valence electrons. The first kappa shape index (κ1) is 15.3. The van der Waals surface area contributed by atoms with Gasteiger partial charge in [0.2, 0.25) is 0 Å². The van der Waals surface area contributed by atoms with Crippen molar-refractivity contribution < 1.29 is 8.42 Å². The van der Waals surface area contributed by atoms with Crippen molar-refractivity contribution in [3.63, 3.8) is 0 Å². The fraction of sp³-hybridized carbons (Fsp3) is 0.538. The molecule has 0 heterocycles. The number of halogens is 1. The van der Waals surface area contributed by atoms with E-state index in [-0.39, 0.29) is 5.75 Å². The Morgan fingerprint density at radius 3 is 2.44 bits per heavy atom. The minimum atomic E-state index is -3.20. The summed E-state index contributed by atoms with van der Waals surface area (Å²) in [5, 5.41) is 0. The molecule has 0 saturated heterocycles. The number of sulfone groups is 1. The molecule has 1 rings (SSSR count). The zero-order chi connectivity index (χ0) is 13.6. The lowest BCUT2D eigenvalue weighted by molar-refractivity contribution is 0.594. The maximum absolute atomic E-state index is 12.2. The van der Waals surface area contributed by atoms with E-state index in [4.69, 9.17) is 11.6 Å². The van der Waals surface area contributed by atoms with Crippen LogP contribution in [0.4, 0.5) is 5.69 Å². The van der Waals surface area contributed by atoms with Crippen molar-refractivity contribution in [3.05, 3.63) is 24.3 Å². The van der Waals surface area contributed by atoms with Crippen LogP contribution in [-0.4, -0.2) is 33.1 Å². The highest BCUT2D eigenvalue weighted by atomic mass is 35.5. The molecule has 1 aromatic carbocycles. The molecule has 0 fully saturated rings. The summed E-state index contributed by atoms with van der Waals surface area (Å²) in [6.07, 6.45) is 0.623. The number of alkyl halides is 1. The molecule has 0 atom stereocenters. The van der Waals surface area contributed by atoms with Gasteiger partial charge in [0.25, 0.3) is 0 Å². The second kappa shape index (κ2) is 7.00. The maximum Gasteiger partial charge on any atom is 0.180 e. The third-order valence-corrected chi connectivity index (χ3v) is 4.88. The van der Waals surface area contributed by atoms with Gasteiger partial charge >= 0.3 is 0 Å². The van der Waals surface area contributed by atoms with E-state index < -0.39 is 9.84 Å². The lowest BCUT2D eigenvalue weighted by Crippen LogP contribution is -2.27. The Morgan fingerprint density at radius 1 is 1.22 bits per heavy atom. The fourth-order valence-corrected chi connectivity index (χ4v) is 3.67. The zero-order valence-electron chi connectivity index (χ0n) is 10.9. The van der Waals surface area contributed by atoms with E-state index >= 15 is 0 Å². The van der Waals surface area contributed by atoms with Gasteiger partial charge in [-0.3, -0.25) is 0 Å². The molecule has 0 amide bonds. The minimum Gasteiger partial charge on any atom is -0.370 e.